The molecule has 0 aromatic carbocycles. The Labute approximate surface area is 40.9 Å². The summed E-state index contributed by atoms with van der Waals surface area (Å²) in [5.41, 5.74) is 8.08. The number of hydrazone groups is 1. The van der Waals surface area contributed by atoms with E-state index in [9.17, 15) is 0 Å². The molecule has 1 heterocycles. The minimum absolute atomic E-state index is 0.306. The van der Waals surface area contributed by atoms with E-state index < -0.39 is 0 Å². The maximum Gasteiger partial charge on any atom is 0.166 e. The van der Waals surface area contributed by atoms with Gasteiger partial charge in [0.15, 0.2) is 5.84 Å². The smallest absolute Gasteiger partial charge is 0.166 e. The van der Waals surface area contributed by atoms with Crippen LogP contribution in [-0.2, 0) is 0 Å². The molecule has 1 rings (SSSR count). The largest absolute Gasteiger partial charge is 0.381 e. The quantitative estimate of drug-likeness (QED) is 0.359. The molecule has 1 aliphatic heterocycles. The average Bonchev–Trinajstić information content (AvgIpc) is 1.91. The van der Waals surface area contributed by atoms with Gasteiger partial charge >= 0.3 is 0 Å². The first-order chi connectivity index (χ1) is 3.30. The zero-order chi connectivity index (χ0) is 5.28. The van der Waals surface area contributed by atoms with Crippen LogP contribution >= 0.6 is 0 Å². The molecule has 0 aromatic rings. The Morgan fingerprint density at radius 2 is 2.57 bits per heavy atom. The third kappa shape index (κ3) is 0.534. The van der Waals surface area contributed by atoms with Crippen LogP contribution in [0.25, 0.3) is 0 Å². The van der Waals surface area contributed by atoms with Crippen LogP contribution < -0.4 is 11.2 Å². The molecule has 1 aliphatic rings. The Bertz CT molecular complexity index is 125. The summed E-state index contributed by atoms with van der Waals surface area (Å²) in [5.74, 6) is 0.306. The lowest BCUT2D eigenvalue weighted by Crippen LogP contribution is -2.20. The second-order valence-electron chi connectivity index (χ2n) is 1.31. The fourth-order valence-corrected chi connectivity index (χ4v) is 0.362. The third-order valence-electron chi connectivity index (χ3n) is 0.765. The van der Waals surface area contributed by atoms with E-state index in [2.05, 4.69) is 10.5 Å². The lowest BCUT2D eigenvalue weighted by atomic mass is 10.4. The summed E-state index contributed by atoms with van der Waals surface area (Å²) in [6.07, 6.45) is 0. The van der Waals surface area contributed by atoms with Crippen molar-refractivity contribution < 1.29 is 0 Å². The minimum atomic E-state index is 0.306. The molecule has 4 N–H and O–H groups in total. The van der Waals surface area contributed by atoms with Gasteiger partial charge in [0.2, 0.25) is 0 Å². The molecule has 0 radical (unpaired) electrons. The maximum atomic E-state index is 6.94. The second-order valence-corrected chi connectivity index (χ2v) is 1.31. The molecule has 0 saturated carbocycles. The molecule has 0 bridgehead atoms. The van der Waals surface area contributed by atoms with Gasteiger partial charge in [-0.3, -0.25) is 5.41 Å². The molecule has 0 amide bonds. The number of amidine groups is 1. The van der Waals surface area contributed by atoms with E-state index in [1.54, 1.807) is 0 Å². The van der Waals surface area contributed by atoms with Crippen molar-refractivity contribution in [1.82, 2.24) is 5.43 Å². The molecule has 0 aliphatic carbocycles. The van der Waals surface area contributed by atoms with Gasteiger partial charge in [-0.2, -0.15) is 5.10 Å². The number of nitrogens with one attached hydrogen (secondary N) is 2. The summed E-state index contributed by atoms with van der Waals surface area (Å²) in [6.45, 7) is 0.478. The fraction of sp³-hybridized carbons (Fsp3) is 0.333. The van der Waals surface area contributed by atoms with Crippen LogP contribution in [0.1, 0.15) is 0 Å². The van der Waals surface area contributed by atoms with E-state index in [0.717, 1.165) is 0 Å². The Balaban J connectivity index is 2.72. The van der Waals surface area contributed by atoms with Crippen LogP contribution in [0.4, 0.5) is 0 Å². The van der Waals surface area contributed by atoms with Crippen molar-refractivity contribution in [3.05, 3.63) is 0 Å². The lowest BCUT2D eigenvalue weighted by Gasteiger charge is -1.82. The first kappa shape index (κ1) is 4.11. The van der Waals surface area contributed by atoms with E-state index in [0.29, 0.717) is 18.1 Å². The van der Waals surface area contributed by atoms with Gasteiger partial charge in [0.05, 0.1) is 12.3 Å². The van der Waals surface area contributed by atoms with Gasteiger partial charge < -0.3 is 11.2 Å². The molecule has 0 spiro atoms. The van der Waals surface area contributed by atoms with Crippen LogP contribution in [0, 0.1) is 5.41 Å². The van der Waals surface area contributed by atoms with Crippen molar-refractivity contribution in [2.75, 3.05) is 6.54 Å². The zero-order valence-electron chi connectivity index (χ0n) is 3.73. The van der Waals surface area contributed by atoms with Crippen molar-refractivity contribution in [1.29, 1.82) is 5.41 Å². The SMILES string of the molecule is N=C1CNN=C1N. The summed E-state index contributed by atoms with van der Waals surface area (Å²) in [5, 5.41) is 10.5. The Morgan fingerprint density at radius 3 is 2.71 bits per heavy atom. The summed E-state index contributed by atoms with van der Waals surface area (Å²) >= 11 is 0. The predicted octanol–water partition coefficient (Wildman–Crippen LogP) is -1.12. The highest BCUT2D eigenvalue weighted by atomic mass is 15.3. The minimum Gasteiger partial charge on any atom is -0.381 e. The maximum absolute atomic E-state index is 6.94. The monoisotopic (exact) mass is 98.1 g/mol. The van der Waals surface area contributed by atoms with Crippen molar-refractivity contribution in [2.45, 2.75) is 0 Å². The van der Waals surface area contributed by atoms with Crippen molar-refractivity contribution in [2.24, 2.45) is 10.8 Å². The molecular weight excluding hydrogens is 92.1 g/mol. The average molecular weight is 98.1 g/mol. The normalized spacial score (nSPS) is 18.9. The summed E-state index contributed by atoms with van der Waals surface area (Å²) in [7, 11) is 0. The van der Waals surface area contributed by atoms with Gasteiger partial charge in [-0.15, -0.1) is 0 Å². The highest BCUT2D eigenvalue weighted by Crippen LogP contribution is 1.79. The molecule has 0 fully saturated rings. The number of nitrogens with two attached hydrogens (primary N) is 1. The Kier molecular flexibility index (Phi) is 0.714. The van der Waals surface area contributed by atoms with E-state index in [1.165, 1.54) is 0 Å². The van der Waals surface area contributed by atoms with Crippen LogP contribution in [0.15, 0.2) is 5.10 Å². The topological polar surface area (TPSA) is 74.3 Å². The van der Waals surface area contributed by atoms with Gasteiger partial charge in [0.1, 0.15) is 0 Å². The van der Waals surface area contributed by atoms with Crippen LogP contribution in [0.2, 0.25) is 0 Å². The van der Waals surface area contributed by atoms with E-state index in [-0.39, 0.29) is 0 Å². The molecule has 38 valence electrons. The number of hydrogen-bond donors (Lipinski definition) is 3. The van der Waals surface area contributed by atoms with E-state index in [4.69, 9.17) is 11.1 Å². The standard InChI is InChI=1S/C3H6N4/c4-2-1-6-7-3(2)5/h4,6H,1H2,(H2,5,7). The van der Waals surface area contributed by atoms with Crippen LogP contribution in [-0.4, -0.2) is 18.1 Å². The van der Waals surface area contributed by atoms with E-state index >= 15 is 0 Å². The van der Waals surface area contributed by atoms with E-state index in [1.807, 2.05) is 0 Å². The van der Waals surface area contributed by atoms with Crippen molar-refractivity contribution in [3.63, 3.8) is 0 Å². The highest BCUT2D eigenvalue weighted by molar-refractivity contribution is 6.41. The van der Waals surface area contributed by atoms with Crippen molar-refractivity contribution >= 4 is 11.5 Å². The first-order valence-electron chi connectivity index (χ1n) is 1.94. The molecule has 0 aromatic heterocycles. The number of rotatable bonds is 0. The Morgan fingerprint density at radius 1 is 1.86 bits per heavy atom. The highest BCUT2D eigenvalue weighted by Gasteiger charge is 2.06. The summed E-state index contributed by atoms with van der Waals surface area (Å²) in [4.78, 5) is 0. The molecule has 4 heteroatoms. The molecule has 0 unspecified atom stereocenters. The fourth-order valence-electron chi connectivity index (χ4n) is 0.362. The number of nitrogens with zero attached hydrogens (tertiary/aromatic N) is 1. The van der Waals surface area contributed by atoms with Gasteiger partial charge in [0, 0.05) is 0 Å². The predicted molar refractivity (Wildman–Crippen MR) is 27.4 cm³/mol. The third-order valence-corrected chi connectivity index (χ3v) is 0.765. The van der Waals surface area contributed by atoms with Gasteiger partial charge in [-0.25, -0.2) is 0 Å². The number of hydrogen-bond acceptors (Lipinski definition) is 4. The zero-order valence-corrected chi connectivity index (χ0v) is 3.73. The molecule has 7 heavy (non-hydrogen) atoms. The van der Waals surface area contributed by atoms with Gasteiger partial charge in [-0.1, -0.05) is 0 Å². The Hall–Kier alpha value is -1.06. The van der Waals surface area contributed by atoms with Crippen LogP contribution in [0.3, 0.4) is 0 Å². The molecular formula is C3H6N4. The van der Waals surface area contributed by atoms with Crippen LogP contribution in [0.5, 0.6) is 0 Å². The summed E-state index contributed by atoms with van der Waals surface area (Å²) < 4.78 is 0. The lowest BCUT2D eigenvalue weighted by molar-refractivity contribution is 0.875. The molecule has 0 saturated heterocycles. The molecule has 0 atom stereocenters. The summed E-state index contributed by atoms with van der Waals surface area (Å²) in [6, 6.07) is 0. The molecule has 4 nitrogen and oxygen atoms in total. The first-order valence-corrected chi connectivity index (χ1v) is 1.94. The van der Waals surface area contributed by atoms with Crippen molar-refractivity contribution in [3.8, 4) is 0 Å². The second kappa shape index (κ2) is 1.22. The van der Waals surface area contributed by atoms with Gasteiger partial charge in [-0.05, 0) is 0 Å². The van der Waals surface area contributed by atoms with Gasteiger partial charge in [0.25, 0.3) is 0 Å².